The van der Waals surface area contributed by atoms with Crippen molar-refractivity contribution >= 4 is 0 Å². The van der Waals surface area contributed by atoms with E-state index in [9.17, 15) is 0 Å². The molecule has 1 fully saturated rings. The first-order valence-electron chi connectivity index (χ1n) is 8.38. The van der Waals surface area contributed by atoms with Gasteiger partial charge in [0.1, 0.15) is 5.82 Å². The minimum Gasteiger partial charge on any atom is -0.335 e. The fraction of sp³-hybridized carbons (Fsp3) is 0.526. The van der Waals surface area contributed by atoms with Gasteiger partial charge in [0.05, 0.1) is 0 Å². The van der Waals surface area contributed by atoms with Gasteiger partial charge < -0.3 is 4.57 Å². The molecular formula is C19H27N3. The summed E-state index contributed by atoms with van der Waals surface area (Å²) in [6.45, 7) is 11.2. The van der Waals surface area contributed by atoms with E-state index in [0.29, 0.717) is 0 Å². The first-order chi connectivity index (χ1) is 10.6. The summed E-state index contributed by atoms with van der Waals surface area (Å²) in [6, 6.07) is 6.80. The molecule has 0 radical (unpaired) electrons. The Morgan fingerprint density at radius 2 is 1.91 bits per heavy atom. The molecule has 118 valence electrons. The first kappa shape index (κ1) is 15.3. The third-order valence-corrected chi connectivity index (χ3v) is 4.98. The summed E-state index contributed by atoms with van der Waals surface area (Å²) in [6.07, 6.45) is 6.60. The highest BCUT2D eigenvalue weighted by Crippen LogP contribution is 2.22. The van der Waals surface area contributed by atoms with Crippen molar-refractivity contribution in [3.05, 3.63) is 53.1 Å². The standard InChI is InChI=1S/C19H27N3/c1-15-4-5-16(2)19(12-15)14-21-9-6-18(7-10-21)13-22-11-8-20-17(22)3/h4-5,8,11-12,18H,6-7,9-10,13-14H2,1-3H3. The number of imidazole rings is 1. The molecule has 0 unspecified atom stereocenters. The van der Waals surface area contributed by atoms with E-state index in [4.69, 9.17) is 0 Å². The molecule has 1 saturated heterocycles. The van der Waals surface area contributed by atoms with Gasteiger partial charge in [-0.05, 0) is 63.7 Å². The van der Waals surface area contributed by atoms with Crippen LogP contribution in [-0.4, -0.2) is 27.5 Å². The third-order valence-electron chi connectivity index (χ3n) is 4.98. The number of hydrogen-bond donors (Lipinski definition) is 0. The first-order valence-corrected chi connectivity index (χ1v) is 8.38. The van der Waals surface area contributed by atoms with E-state index in [-0.39, 0.29) is 0 Å². The molecule has 0 amide bonds. The van der Waals surface area contributed by atoms with Crippen LogP contribution in [0.4, 0.5) is 0 Å². The minimum atomic E-state index is 0.794. The van der Waals surface area contributed by atoms with Gasteiger partial charge in [-0.2, -0.15) is 0 Å². The highest BCUT2D eigenvalue weighted by molar-refractivity contribution is 5.30. The molecule has 0 aliphatic carbocycles. The maximum absolute atomic E-state index is 4.32. The molecule has 0 saturated carbocycles. The summed E-state index contributed by atoms with van der Waals surface area (Å²) in [5.41, 5.74) is 4.27. The van der Waals surface area contributed by atoms with Crippen molar-refractivity contribution in [2.24, 2.45) is 5.92 Å². The second-order valence-electron chi connectivity index (χ2n) is 6.78. The van der Waals surface area contributed by atoms with Gasteiger partial charge in [0.15, 0.2) is 0 Å². The maximum atomic E-state index is 4.32. The number of rotatable bonds is 4. The van der Waals surface area contributed by atoms with Crippen LogP contribution >= 0.6 is 0 Å². The molecule has 1 aromatic heterocycles. The SMILES string of the molecule is Cc1ccc(C)c(CN2CCC(Cn3ccnc3C)CC2)c1. The summed E-state index contributed by atoms with van der Waals surface area (Å²) in [5.74, 6) is 1.93. The second-order valence-corrected chi connectivity index (χ2v) is 6.78. The second kappa shape index (κ2) is 6.66. The van der Waals surface area contributed by atoms with Crippen LogP contribution in [0.3, 0.4) is 0 Å². The van der Waals surface area contributed by atoms with Gasteiger partial charge in [0.2, 0.25) is 0 Å². The summed E-state index contributed by atoms with van der Waals surface area (Å²) in [4.78, 5) is 6.93. The molecule has 3 nitrogen and oxygen atoms in total. The molecular weight excluding hydrogens is 270 g/mol. The van der Waals surface area contributed by atoms with Crippen LogP contribution in [0.2, 0.25) is 0 Å². The lowest BCUT2D eigenvalue weighted by atomic mass is 9.95. The fourth-order valence-electron chi connectivity index (χ4n) is 3.41. The zero-order valence-electron chi connectivity index (χ0n) is 14.0. The molecule has 1 aliphatic rings. The molecule has 0 N–H and O–H groups in total. The highest BCUT2D eigenvalue weighted by atomic mass is 15.1. The number of aryl methyl sites for hydroxylation is 3. The van der Waals surface area contributed by atoms with Crippen LogP contribution in [-0.2, 0) is 13.1 Å². The fourth-order valence-corrected chi connectivity index (χ4v) is 3.41. The maximum Gasteiger partial charge on any atom is 0.105 e. The lowest BCUT2D eigenvalue weighted by Gasteiger charge is -2.32. The number of hydrogen-bond acceptors (Lipinski definition) is 2. The average Bonchev–Trinajstić information content (AvgIpc) is 2.90. The molecule has 0 atom stereocenters. The summed E-state index contributed by atoms with van der Waals surface area (Å²) >= 11 is 0. The number of piperidine rings is 1. The van der Waals surface area contributed by atoms with Crippen molar-refractivity contribution in [2.45, 2.75) is 46.7 Å². The van der Waals surface area contributed by atoms with Crippen LogP contribution in [0.1, 0.15) is 35.4 Å². The van der Waals surface area contributed by atoms with Gasteiger partial charge in [0, 0.05) is 25.5 Å². The largest absolute Gasteiger partial charge is 0.335 e. The van der Waals surface area contributed by atoms with Crippen molar-refractivity contribution in [2.75, 3.05) is 13.1 Å². The normalized spacial score (nSPS) is 17.0. The predicted octanol–water partition coefficient (Wildman–Crippen LogP) is 3.72. The van der Waals surface area contributed by atoms with E-state index in [1.54, 1.807) is 0 Å². The number of nitrogens with zero attached hydrogens (tertiary/aromatic N) is 3. The molecule has 22 heavy (non-hydrogen) atoms. The predicted molar refractivity (Wildman–Crippen MR) is 90.9 cm³/mol. The van der Waals surface area contributed by atoms with Crippen molar-refractivity contribution in [1.82, 2.24) is 14.5 Å². The van der Waals surface area contributed by atoms with Crippen LogP contribution in [0.15, 0.2) is 30.6 Å². The number of likely N-dealkylation sites (tertiary alicyclic amines) is 1. The van der Waals surface area contributed by atoms with E-state index in [1.165, 1.54) is 42.6 Å². The molecule has 3 heteroatoms. The molecule has 2 aromatic rings. The van der Waals surface area contributed by atoms with Gasteiger partial charge >= 0.3 is 0 Å². The molecule has 0 spiro atoms. The molecule has 2 heterocycles. The van der Waals surface area contributed by atoms with Crippen LogP contribution in [0.5, 0.6) is 0 Å². The quantitative estimate of drug-likeness (QED) is 0.857. The Morgan fingerprint density at radius 3 is 2.59 bits per heavy atom. The number of aromatic nitrogens is 2. The van der Waals surface area contributed by atoms with E-state index in [1.807, 2.05) is 6.20 Å². The van der Waals surface area contributed by atoms with Gasteiger partial charge in [-0.1, -0.05) is 23.8 Å². The zero-order chi connectivity index (χ0) is 15.5. The van der Waals surface area contributed by atoms with Crippen LogP contribution in [0, 0.1) is 26.7 Å². The van der Waals surface area contributed by atoms with Crippen molar-refractivity contribution in [3.63, 3.8) is 0 Å². The van der Waals surface area contributed by atoms with Gasteiger partial charge in [-0.15, -0.1) is 0 Å². The van der Waals surface area contributed by atoms with E-state index in [2.05, 4.69) is 59.6 Å². The molecule has 1 aliphatic heterocycles. The van der Waals surface area contributed by atoms with Crippen molar-refractivity contribution in [3.8, 4) is 0 Å². The van der Waals surface area contributed by atoms with Crippen molar-refractivity contribution in [1.29, 1.82) is 0 Å². The van der Waals surface area contributed by atoms with Gasteiger partial charge in [-0.25, -0.2) is 4.98 Å². The van der Waals surface area contributed by atoms with Crippen molar-refractivity contribution < 1.29 is 0 Å². The van der Waals surface area contributed by atoms with Crippen LogP contribution < -0.4 is 0 Å². The van der Waals surface area contributed by atoms with E-state index < -0.39 is 0 Å². The lowest BCUT2D eigenvalue weighted by molar-refractivity contribution is 0.166. The average molecular weight is 297 g/mol. The van der Waals surface area contributed by atoms with Gasteiger partial charge in [-0.3, -0.25) is 4.90 Å². The Kier molecular flexibility index (Phi) is 4.63. The van der Waals surface area contributed by atoms with E-state index in [0.717, 1.165) is 24.8 Å². The lowest BCUT2D eigenvalue weighted by Crippen LogP contribution is -2.34. The molecule has 1 aromatic carbocycles. The third kappa shape index (κ3) is 3.58. The minimum absolute atomic E-state index is 0.794. The Bertz CT molecular complexity index is 621. The molecule has 3 rings (SSSR count). The zero-order valence-corrected chi connectivity index (χ0v) is 14.0. The van der Waals surface area contributed by atoms with Crippen LogP contribution in [0.25, 0.3) is 0 Å². The Balaban J connectivity index is 1.53. The monoisotopic (exact) mass is 297 g/mol. The smallest absolute Gasteiger partial charge is 0.105 e. The number of benzene rings is 1. The molecule has 0 bridgehead atoms. The summed E-state index contributed by atoms with van der Waals surface area (Å²) in [5, 5.41) is 0. The summed E-state index contributed by atoms with van der Waals surface area (Å²) in [7, 11) is 0. The Labute approximate surface area is 134 Å². The van der Waals surface area contributed by atoms with Gasteiger partial charge in [0.25, 0.3) is 0 Å². The Hall–Kier alpha value is -1.61. The topological polar surface area (TPSA) is 21.1 Å². The summed E-state index contributed by atoms with van der Waals surface area (Å²) < 4.78 is 2.30. The van der Waals surface area contributed by atoms with E-state index >= 15 is 0 Å². The highest BCUT2D eigenvalue weighted by Gasteiger charge is 2.20. The Morgan fingerprint density at radius 1 is 1.14 bits per heavy atom.